The zero-order valence-corrected chi connectivity index (χ0v) is 12.1. The van der Waals surface area contributed by atoms with Crippen molar-refractivity contribution in [1.29, 1.82) is 0 Å². The number of hydrogen-bond acceptors (Lipinski definition) is 4. The first-order chi connectivity index (χ1) is 9.20. The molecule has 2 N–H and O–H groups in total. The Balaban J connectivity index is 2.97. The van der Waals surface area contributed by atoms with Gasteiger partial charge in [-0.05, 0) is 18.2 Å². The van der Waals surface area contributed by atoms with Gasteiger partial charge in [-0.25, -0.2) is 0 Å². The van der Waals surface area contributed by atoms with Gasteiger partial charge >= 0.3 is 16.2 Å². The van der Waals surface area contributed by atoms with Gasteiger partial charge in [0.05, 0.1) is 17.9 Å². The van der Waals surface area contributed by atoms with Gasteiger partial charge in [-0.2, -0.15) is 0 Å². The molecular formula is C11H15F5N2O2S. The molecule has 4 nitrogen and oxygen atoms in total. The molecule has 0 unspecified atom stereocenters. The predicted molar refractivity (Wildman–Crippen MR) is 72.2 cm³/mol. The highest BCUT2D eigenvalue weighted by atomic mass is 32.5. The van der Waals surface area contributed by atoms with Gasteiger partial charge < -0.3 is 15.4 Å². The Morgan fingerprint density at radius 2 is 1.86 bits per heavy atom. The van der Waals surface area contributed by atoms with E-state index in [1.165, 1.54) is 18.9 Å². The van der Waals surface area contributed by atoms with E-state index >= 15 is 0 Å². The van der Waals surface area contributed by atoms with E-state index in [0.717, 1.165) is 6.07 Å². The normalized spacial score (nSPS) is 15.0. The molecule has 0 atom stereocenters. The fraction of sp³-hybridized carbons (Fsp3) is 0.364. The second-order valence-electron chi connectivity index (χ2n) is 4.45. The number of carbonyl (C=O) groups excluding carboxylic acids is 1. The van der Waals surface area contributed by atoms with Crippen LogP contribution in [0.2, 0.25) is 0 Å². The summed E-state index contributed by atoms with van der Waals surface area (Å²) in [6.45, 7) is 1.35. The fourth-order valence-electron chi connectivity index (χ4n) is 1.57. The van der Waals surface area contributed by atoms with Crippen LogP contribution in [0.5, 0.6) is 0 Å². The maximum Gasteiger partial charge on any atom is 0.310 e. The number of nitrogens with two attached hydrogens (primary N) is 1. The molecular weight excluding hydrogens is 319 g/mol. The molecule has 122 valence electrons. The number of nitrogen functional groups attached to an aromatic ring is 1. The number of benzene rings is 1. The van der Waals surface area contributed by atoms with Crippen LogP contribution in [-0.4, -0.2) is 26.2 Å². The van der Waals surface area contributed by atoms with Crippen LogP contribution in [0.1, 0.15) is 6.92 Å². The largest absolute Gasteiger partial charge is 0.464 e. The van der Waals surface area contributed by atoms with Crippen LogP contribution in [0, 0.1) is 0 Å². The van der Waals surface area contributed by atoms with Crippen LogP contribution in [0.3, 0.4) is 0 Å². The number of nitrogens with zero attached hydrogens (tertiary/aromatic N) is 1. The third kappa shape index (κ3) is 4.96. The number of halogens is 5. The number of likely N-dealkylation sites (N-methyl/N-ethyl adjacent to an activating group) is 1. The number of rotatable bonds is 5. The highest BCUT2D eigenvalue weighted by Gasteiger charge is 2.65. The van der Waals surface area contributed by atoms with Gasteiger partial charge in [-0.15, -0.1) is 0 Å². The molecule has 0 radical (unpaired) electrons. The average Bonchev–Trinajstić information content (AvgIpc) is 2.24. The molecule has 0 bridgehead atoms. The van der Waals surface area contributed by atoms with E-state index < -0.39 is 26.8 Å². The Hall–Kier alpha value is -1.71. The molecule has 0 amide bonds. The second kappa shape index (κ2) is 4.65. The fourth-order valence-corrected chi connectivity index (χ4v) is 2.24. The summed E-state index contributed by atoms with van der Waals surface area (Å²) in [7, 11) is -8.26. The van der Waals surface area contributed by atoms with Crippen LogP contribution in [0.4, 0.5) is 30.8 Å². The van der Waals surface area contributed by atoms with Gasteiger partial charge in [0, 0.05) is 14.0 Å². The van der Waals surface area contributed by atoms with Gasteiger partial charge in [0.1, 0.15) is 11.5 Å². The van der Waals surface area contributed by atoms with Crippen LogP contribution < -0.4 is 10.6 Å². The maximum absolute atomic E-state index is 12.6. The summed E-state index contributed by atoms with van der Waals surface area (Å²) < 4.78 is 67.8. The molecule has 0 fully saturated rings. The van der Waals surface area contributed by atoms with Gasteiger partial charge in [-0.1, -0.05) is 19.4 Å². The van der Waals surface area contributed by atoms with Crippen LogP contribution >= 0.6 is 10.2 Å². The van der Waals surface area contributed by atoms with Gasteiger partial charge in [0.2, 0.25) is 0 Å². The topological polar surface area (TPSA) is 55.6 Å². The van der Waals surface area contributed by atoms with E-state index in [2.05, 4.69) is 4.74 Å². The first kappa shape index (κ1) is 17.3. The molecule has 0 aliphatic rings. The number of ether oxygens (including phenoxy) is 1. The molecule has 0 aliphatic heterocycles. The van der Waals surface area contributed by atoms with Crippen LogP contribution in [0.25, 0.3) is 0 Å². The van der Waals surface area contributed by atoms with E-state index in [9.17, 15) is 24.2 Å². The van der Waals surface area contributed by atoms with E-state index in [0.29, 0.717) is 0 Å². The summed E-state index contributed by atoms with van der Waals surface area (Å²) in [5.74, 6) is -0.507. The van der Waals surface area contributed by atoms with E-state index in [4.69, 9.17) is 5.73 Å². The Labute approximate surface area is 118 Å². The van der Waals surface area contributed by atoms with E-state index in [1.807, 2.05) is 0 Å². The third-order valence-electron chi connectivity index (χ3n) is 2.59. The Morgan fingerprint density at radius 1 is 1.29 bits per heavy atom. The minimum atomic E-state index is -9.74. The summed E-state index contributed by atoms with van der Waals surface area (Å²) in [5.41, 5.74) is 5.10. The molecule has 0 aromatic heterocycles. The third-order valence-corrected chi connectivity index (χ3v) is 3.73. The number of anilines is 2. The quantitative estimate of drug-likeness (QED) is 0.504. The van der Waals surface area contributed by atoms with E-state index in [-0.39, 0.29) is 31.0 Å². The van der Waals surface area contributed by atoms with Crippen molar-refractivity contribution in [1.82, 2.24) is 0 Å². The minimum Gasteiger partial charge on any atom is -0.464 e. The van der Waals surface area contributed by atoms with Crippen molar-refractivity contribution < 1.29 is 29.0 Å². The highest BCUT2D eigenvalue weighted by Crippen LogP contribution is 3.02. The number of esters is 1. The van der Waals surface area contributed by atoms with Gasteiger partial charge in [-0.3, -0.25) is 4.79 Å². The summed E-state index contributed by atoms with van der Waals surface area (Å²) in [4.78, 5) is 9.94. The van der Waals surface area contributed by atoms with Crippen molar-refractivity contribution in [2.75, 3.05) is 30.8 Å². The lowest BCUT2D eigenvalue weighted by molar-refractivity contribution is -0.140. The SMILES string of the molecule is CC(=O)OCCN(C)c1ccc(S(F)(F)(F)(F)F)cc1N. The summed E-state index contributed by atoms with van der Waals surface area (Å²) in [6.07, 6.45) is 0. The molecule has 1 aromatic carbocycles. The predicted octanol–water partition coefficient (Wildman–Crippen LogP) is 3.93. The molecule has 0 heterocycles. The van der Waals surface area contributed by atoms with E-state index in [1.54, 1.807) is 0 Å². The Bertz CT molecular complexity index is 561. The molecule has 0 saturated carbocycles. The minimum absolute atomic E-state index is 0.00538. The average molecular weight is 334 g/mol. The first-order valence-electron chi connectivity index (χ1n) is 5.69. The van der Waals surface area contributed by atoms with Crippen molar-refractivity contribution in [3.8, 4) is 0 Å². The molecule has 21 heavy (non-hydrogen) atoms. The lowest BCUT2D eigenvalue weighted by atomic mass is 10.2. The standard InChI is InChI=1S/C11H15F5N2O2S/c1-8(19)20-6-5-18(2)11-4-3-9(7-10(11)17)21(12,13,14,15)16/h3-4,7H,5-6,17H2,1-2H3. The van der Waals surface area contributed by atoms with Crippen molar-refractivity contribution in [3.63, 3.8) is 0 Å². The Morgan fingerprint density at radius 3 is 2.29 bits per heavy atom. The number of carbonyl (C=O) groups is 1. The van der Waals surface area contributed by atoms with Crippen molar-refractivity contribution in [3.05, 3.63) is 18.2 Å². The van der Waals surface area contributed by atoms with Crippen LogP contribution in [0.15, 0.2) is 23.1 Å². The van der Waals surface area contributed by atoms with Crippen LogP contribution in [-0.2, 0) is 9.53 Å². The number of hydrogen-bond donors (Lipinski definition) is 1. The first-order valence-corrected chi connectivity index (χ1v) is 7.64. The molecule has 1 aromatic rings. The van der Waals surface area contributed by atoms with Gasteiger partial charge in [0.25, 0.3) is 0 Å². The molecule has 0 spiro atoms. The van der Waals surface area contributed by atoms with Crippen molar-refractivity contribution in [2.45, 2.75) is 11.8 Å². The lowest BCUT2D eigenvalue weighted by Crippen LogP contribution is -2.24. The Kier molecular flexibility index (Phi) is 3.84. The smallest absolute Gasteiger partial charge is 0.310 e. The molecule has 0 saturated heterocycles. The van der Waals surface area contributed by atoms with Gasteiger partial charge in [0.15, 0.2) is 0 Å². The van der Waals surface area contributed by atoms with Crippen molar-refractivity contribution >= 4 is 27.6 Å². The second-order valence-corrected chi connectivity index (χ2v) is 6.86. The zero-order chi connectivity index (χ0) is 16.5. The summed E-state index contributed by atoms with van der Waals surface area (Å²) in [6, 6.07) is 1.35. The highest BCUT2D eigenvalue weighted by molar-refractivity contribution is 8.45. The summed E-state index contributed by atoms with van der Waals surface area (Å²) in [5, 5.41) is 0. The zero-order valence-electron chi connectivity index (χ0n) is 11.3. The molecule has 10 heteroatoms. The molecule has 1 rings (SSSR count). The monoisotopic (exact) mass is 334 g/mol. The maximum atomic E-state index is 12.6. The molecule has 0 aliphatic carbocycles. The summed E-state index contributed by atoms with van der Waals surface area (Å²) >= 11 is 0. The lowest BCUT2D eigenvalue weighted by Gasteiger charge is -2.40. The van der Waals surface area contributed by atoms with Crippen molar-refractivity contribution in [2.24, 2.45) is 0 Å².